The molecule has 0 saturated carbocycles. The Labute approximate surface area is 250 Å². The predicted molar refractivity (Wildman–Crippen MR) is 158 cm³/mol. The summed E-state index contributed by atoms with van der Waals surface area (Å²) in [5, 5.41) is 21.3. The zero-order chi connectivity index (χ0) is 30.7. The van der Waals surface area contributed by atoms with E-state index in [0.29, 0.717) is 79.8 Å². The van der Waals surface area contributed by atoms with Crippen LogP contribution in [-0.2, 0) is 13.1 Å². The van der Waals surface area contributed by atoms with Crippen LogP contribution in [0.1, 0.15) is 45.7 Å². The summed E-state index contributed by atoms with van der Waals surface area (Å²) in [6.45, 7) is 8.74. The normalized spacial score (nSPS) is 19.7. The molecule has 2 aliphatic heterocycles. The van der Waals surface area contributed by atoms with Crippen LogP contribution in [0.15, 0.2) is 35.4 Å². The quantitative estimate of drug-likeness (QED) is 0.375. The van der Waals surface area contributed by atoms with Crippen LogP contribution in [0.5, 0.6) is 17.4 Å². The van der Waals surface area contributed by atoms with E-state index in [0.717, 1.165) is 0 Å². The second-order valence-electron chi connectivity index (χ2n) is 12.2. The molecule has 0 spiro atoms. The van der Waals surface area contributed by atoms with Crippen molar-refractivity contribution in [3.05, 3.63) is 46.6 Å². The first-order valence-electron chi connectivity index (χ1n) is 14.6. The smallest absolute Gasteiger partial charge is 0.407 e. The first-order chi connectivity index (χ1) is 20.5. The Morgan fingerprint density at radius 1 is 1.19 bits per heavy atom. The molecule has 43 heavy (non-hydrogen) atoms. The molecule has 1 fully saturated rings. The molecular formula is C30H40N6O7. The van der Waals surface area contributed by atoms with E-state index in [4.69, 9.17) is 14.2 Å². The lowest BCUT2D eigenvalue weighted by atomic mass is 9.78. The number of aliphatic hydroxyl groups excluding tert-OH is 1. The zero-order valence-electron chi connectivity index (χ0n) is 25.1. The van der Waals surface area contributed by atoms with Gasteiger partial charge >= 0.3 is 6.09 Å². The van der Waals surface area contributed by atoms with Crippen LogP contribution in [0.4, 0.5) is 4.79 Å². The van der Waals surface area contributed by atoms with Crippen molar-refractivity contribution in [2.75, 3.05) is 33.4 Å². The lowest BCUT2D eigenvalue weighted by Crippen LogP contribution is -2.56. The lowest BCUT2D eigenvalue weighted by Gasteiger charge is -2.48. The number of likely N-dealkylation sites (tertiary alicyclic amines) is 1. The second-order valence-corrected chi connectivity index (χ2v) is 12.2. The fourth-order valence-electron chi connectivity index (χ4n) is 5.99. The van der Waals surface area contributed by atoms with Gasteiger partial charge in [-0.05, 0) is 30.7 Å². The number of fused-ring (bicyclic) bond motifs is 2. The lowest BCUT2D eigenvalue weighted by molar-refractivity contribution is -0.0113. The Hall–Kier alpha value is -3.97. The summed E-state index contributed by atoms with van der Waals surface area (Å²) in [6.07, 6.45) is 2.72. The van der Waals surface area contributed by atoms with Gasteiger partial charge in [-0.3, -0.25) is 24.1 Å². The van der Waals surface area contributed by atoms with Crippen LogP contribution < -0.4 is 19.8 Å². The van der Waals surface area contributed by atoms with Gasteiger partial charge in [0.15, 0.2) is 17.1 Å². The minimum Gasteiger partial charge on any atom is -0.486 e. The van der Waals surface area contributed by atoms with Gasteiger partial charge in [-0.2, -0.15) is 4.98 Å². The summed E-state index contributed by atoms with van der Waals surface area (Å²) in [5.41, 5.74) is 1.11. The molecule has 0 bridgehead atoms. The number of carboxylic acid groups (broad SMARTS) is 1. The monoisotopic (exact) mass is 596 g/mol. The third-order valence-corrected chi connectivity index (χ3v) is 8.20. The molecule has 3 unspecified atom stereocenters. The van der Waals surface area contributed by atoms with Crippen LogP contribution in [0, 0.1) is 5.41 Å². The molecule has 5 rings (SSSR count). The van der Waals surface area contributed by atoms with E-state index in [2.05, 4.69) is 40.6 Å². The highest BCUT2D eigenvalue weighted by Gasteiger charge is 2.40. The maximum atomic E-state index is 12.6. The number of aliphatic hydroxyl groups is 1. The molecule has 1 amide bonds. The number of aromatic nitrogens is 4. The van der Waals surface area contributed by atoms with Gasteiger partial charge in [-0.15, -0.1) is 0 Å². The highest BCUT2D eigenvalue weighted by molar-refractivity contribution is 5.70. The largest absolute Gasteiger partial charge is 0.486 e. The molecule has 232 valence electrons. The minimum absolute atomic E-state index is 0.0198. The molecular weight excluding hydrogens is 556 g/mol. The average molecular weight is 597 g/mol. The zero-order valence-corrected chi connectivity index (χ0v) is 25.1. The number of ether oxygens (including phenoxy) is 3. The summed E-state index contributed by atoms with van der Waals surface area (Å²) in [7, 11) is 1.51. The molecule has 2 aliphatic rings. The van der Waals surface area contributed by atoms with Crippen LogP contribution in [0.2, 0.25) is 0 Å². The molecule has 5 heterocycles. The number of nitrogens with zero attached hydrogens (tertiary/aromatic N) is 6. The summed E-state index contributed by atoms with van der Waals surface area (Å²) in [5.74, 6) is 1.52. The first-order valence-corrected chi connectivity index (χ1v) is 14.6. The Bertz CT molecular complexity index is 1510. The molecule has 0 radical (unpaired) electrons. The highest BCUT2D eigenvalue weighted by atomic mass is 16.6. The Morgan fingerprint density at radius 3 is 2.67 bits per heavy atom. The number of rotatable bonds is 9. The van der Waals surface area contributed by atoms with Crippen molar-refractivity contribution in [2.45, 2.75) is 71.3 Å². The number of hydrogen-bond acceptors (Lipinski definition) is 10. The van der Waals surface area contributed by atoms with Gasteiger partial charge in [0.1, 0.15) is 18.7 Å². The number of hydrogen-bond donors (Lipinski definition) is 2. The highest BCUT2D eigenvalue weighted by Crippen LogP contribution is 2.35. The van der Waals surface area contributed by atoms with Crippen molar-refractivity contribution in [3.8, 4) is 17.4 Å². The van der Waals surface area contributed by atoms with E-state index < -0.39 is 12.2 Å². The van der Waals surface area contributed by atoms with Crippen LogP contribution in [0.25, 0.3) is 11.2 Å². The predicted octanol–water partition coefficient (Wildman–Crippen LogP) is 2.78. The molecule has 2 N–H and O–H groups in total. The summed E-state index contributed by atoms with van der Waals surface area (Å²) in [4.78, 5) is 41.8. The maximum Gasteiger partial charge on any atom is 0.407 e. The maximum absolute atomic E-state index is 12.6. The SMILES string of the molecule is COc1ccc2ncc(=O)n(CCC(O)CN3CCC(N(Cc4cc5c(cn4)OCCO5)C(=O)O)CC3C(C)(C)C)c2n1. The molecule has 0 aromatic carbocycles. The van der Waals surface area contributed by atoms with E-state index in [9.17, 15) is 19.8 Å². The van der Waals surface area contributed by atoms with Crippen LogP contribution in [0.3, 0.4) is 0 Å². The van der Waals surface area contributed by atoms with E-state index in [1.165, 1.54) is 22.8 Å². The number of piperidine rings is 1. The van der Waals surface area contributed by atoms with Crippen molar-refractivity contribution in [1.82, 2.24) is 29.3 Å². The van der Waals surface area contributed by atoms with Crippen LogP contribution in [-0.4, -0.2) is 97.2 Å². The molecule has 3 aromatic heterocycles. The van der Waals surface area contributed by atoms with Crippen molar-refractivity contribution >= 4 is 17.3 Å². The summed E-state index contributed by atoms with van der Waals surface area (Å²) < 4.78 is 17.9. The van der Waals surface area contributed by atoms with Gasteiger partial charge in [0.05, 0.1) is 37.8 Å². The standard InChI is InChI=1S/C30H40N6O7/c1-30(2,3)25-14-20(36(29(39)40)17-19-13-23-24(15-31-19)43-12-11-42-23)7-9-34(25)18-21(37)8-10-35-27(38)16-32-22-5-6-26(41-4)33-28(22)35/h5-6,13,15-16,20-21,25,37H,7-12,14,17-18H2,1-4H3,(H,39,40). The van der Waals surface area contributed by atoms with Gasteiger partial charge in [-0.1, -0.05) is 20.8 Å². The Kier molecular flexibility index (Phi) is 9.02. The van der Waals surface area contributed by atoms with Crippen LogP contribution >= 0.6 is 0 Å². The van der Waals surface area contributed by atoms with E-state index in [1.807, 2.05) is 0 Å². The number of methoxy groups -OCH3 is 1. The molecule has 3 aromatic rings. The number of carbonyl (C=O) groups is 1. The second kappa shape index (κ2) is 12.7. The third-order valence-electron chi connectivity index (χ3n) is 8.20. The van der Waals surface area contributed by atoms with Crippen molar-refractivity contribution in [1.29, 1.82) is 0 Å². The number of pyridine rings is 2. The summed E-state index contributed by atoms with van der Waals surface area (Å²) in [6, 6.07) is 4.99. The fraction of sp³-hybridized carbons (Fsp3) is 0.567. The van der Waals surface area contributed by atoms with E-state index >= 15 is 0 Å². The minimum atomic E-state index is -0.997. The van der Waals surface area contributed by atoms with Gasteiger partial charge in [0, 0.05) is 43.9 Å². The van der Waals surface area contributed by atoms with Crippen molar-refractivity contribution in [3.63, 3.8) is 0 Å². The number of aryl methyl sites for hydroxylation is 1. The van der Waals surface area contributed by atoms with Gasteiger partial charge in [-0.25, -0.2) is 9.78 Å². The molecule has 13 nitrogen and oxygen atoms in total. The fourth-order valence-corrected chi connectivity index (χ4v) is 5.99. The summed E-state index contributed by atoms with van der Waals surface area (Å²) >= 11 is 0. The molecule has 1 saturated heterocycles. The van der Waals surface area contributed by atoms with E-state index in [1.54, 1.807) is 24.4 Å². The molecule has 0 aliphatic carbocycles. The Morgan fingerprint density at radius 2 is 1.95 bits per heavy atom. The third kappa shape index (κ3) is 6.99. The topological polar surface area (TPSA) is 152 Å². The molecule has 13 heteroatoms. The van der Waals surface area contributed by atoms with Crippen molar-refractivity contribution < 1.29 is 29.2 Å². The van der Waals surface area contributed by atoms with Gasteiger partial charge in [0.2, 0.25) is 5.88 Å². The van der Waals surface area contributed by atoms with Gasteiger partial charge < -0.3 is 24.4 Å². The van der Waals surface area contributed by atoms with E-state index in [-0.39, 0.29) is 36.1 Å². The number of amides is 1. The first kappa shape index (κ1) is 30.5. The Balaban J connectivity index is 1.26. The molecule has 3 atom stereocenters. The average Bonchev–Trinajstić information content (AvgIpc) is 2.98. The van der Waals surface area contributed by atoms with Gasteiger partial charge in [0.25, 0.3) is 5.56 Å². The number of β-amino-alcohol motifs (C(OH)–C–C–N with tert-alkyl or cyclic N) is 1. The van der Waals surface area contributed by atoms with Crippen molar-refractivity contribution in [2.24, 2.45) is 5.41 Å².